The van der Waals surface area contributed by atoms with Crippen LogP contribution in [0, 0.1) is 5.92 Å². The van der Waals surface area contributed by atoms with Crippen LogP contribution >= 0.6 is 11.8 Å². The molecule has 1 aliphatic heterocycles. The van der Waals surface area contributed by atoms with Crippen LogP contribution in [0.4, 0.5) is 0 Å². The third-order valence-electron chi connectivity index (χ3n) is 8.99. The molecule has 0 bridgehead atoms. The molecule has 5 atom stereocenters. The standard InChI is InChI=1S/C38H50N8O7S/c1-22(2)17-29-37(52)44-28(15-16-54-3)36(51)43-27(13-14-32(39)47)35(50)46-31(19-24-20-40-26-12-8-7-11-25(24)26)38(53)45-30(18-23-9-5-4-6-10-23)34(49)41-21-33(48)42-29/h4-12,20,22,27-31,40H,13-19,21H2,1-3H3,(H2,39,47)(H,41,49)(H,42,48)(H,43,51)(H,44,52)(H,45,53)(H,46,50)/t27-,28+,29-,30-,31-/m0/s1. The molecular weight excluding hydrogens is 713 g/mol. The number of nitrogens with two attached hydrogens (primary N) is 1. The fraction of sp³-hybridized carbons (Fsp3) is 0.447. The van der Waals surface area contributed by atoms with Crippen LogP contribution in [0.1, 0.15) is 50.7 Å². The Morgan fingerprint density at radius 3 is 1.94 bits per heavy atom. The molecular formula is C38H50N8O7S. The van der Waals surface area contributed by atoms with Crippen molar-refractivity contribution in [1.29, 1.82) is 0 Å². The number of fused-ring (bicyclic) bond motifs is 1. The molecule has 1 fully saturated rings. The zero-order valence-corrected chi connectivity index (χ0v) is 31.6. The molecule has 9 N–H and O–H groups in total. The molecule has 54 heavy (non-hydrogen) atoms. The van der Waals surface area contributed by atoms with Crippen molar-refractivity contribution in [1.82, 2.24) is 36.9 Å². The lowest BCUT2D eigenvalue weighted by Gasteiger charge is -2.28. The second kappa shape index (κ2) is 20.2. The summed E-state index contributed by atoms with van der Waals surface area (Å²) in [6.45, 7) is 3.25. The molecule has 0 saturated carbocycles. The zero-order valence-electron chi connectivity index (χ0n) is 30.7. The Morgan fingerprint density at radius 2 is 1.30 bits per heavy atom. The summed E-state index contributed by atoms with van der Waals surface area (Å²) in [7, 11) is 0. The minimum atomic E-state index is -1.33. The van der Waals surface area contributed by atoms with E-state index in [9.17, 15) is 33.6 Å². The Hall–Kier alpha value is -5.38. The summed E-state index contributed by atoms with van der Waals surface area (Å²) in [6, 6.07) is 10.5. The van der Waals surface area contributed by atoms with E-state index in [2.05, 4.69) is 36.9 Å². The minimum absolute atomic E-state index is 0.0101. The summed E-state index contributed by atoms with van der Waals surface area (Å²) in [6.07, 6.45) is 3.57. The normalized spacial score (nSPS) is 22.3. The van der Waals surface area contributed by atoms with E-state index in [0.717, 1.165) is 16.5 Å². The van der Waals surface area contributed by atoms with Gasteiger partial charge in [0.05, 0.1) is 6.54 Å². The first-order valence-electron chi connectivity index (χ1n) is 18.0. The predicted molar refractivity (Wildman–Crippen MR) is 206 cm³/mol. The largest absolute Gasteiger partial charge is 0.370 e. The average Bonchev–Trinajstić information content (AvgIpc) is 3.55. The zero-order chi connectivity index (χ0) is 39.2. The van der Waals surface area contributed by atoms with Gasteiger partial charge in [-0.05, 0) is 54.4 Å². The summed E-state index contributed by atoms with van der Waals surface area (Å²) >= 11 is 1.44. The first-order valence-corrected chi connectivity index (χ1v) is 19.4. The van der Waals surface area contributed by atoms with Crippen LogP contribution in [0.2, 0.25) is 0 Å². The number of rotatable bonds is 12. The van der Waals surface area contributed by atoms with E-state index in [4.69, 9.17) is 5.73 Å². The first kappa shape index (κ1) is 41.4. The number of thioether (sulfide) groups is 1. The highest BCUT2D eigenvalue weighted by atomic mass is 32.2. The third kappa shape index (κ3) is 12.4. The summed E-state index contributed by atoms with van der Waals surface area (Å²) in [5.41, 5.74) is 7.66. The first-order chi connectivity index (χ1) is 25.8. The lowest BCUT2D eigenvalue weighted by molar-refractivity contribution is -0.136. The van der Waals surface area contributed by atoms with Crippen molar-refractivity contribution >= 4 is 64.0 Å². The van der Waals surface area contributed by atoms with E-state index < -0.39 is 78.1 Å². The molecule has 7 amide bonds. The second-order valence-corrected chi connectivity index (χ2v) is 14.7. The Kier molecular flexibility index (Phi) is 15.5. The molecule has 290 valence electrons. The van der Waals surface area contributed by atoms with E-state index in [1.54, 1.807) is 30.5 Å². The van der Waals surface area contributed by atoms with Gasteiger partial charge in [0, 0.05) is 36.4 Å². The highest BCUT2D eigenvalue weighted by Crippen LogP contribution is 2.20. The monoisotopic (exact) mass is 762 g/mol. The summed E-state index contributed by atoms with van der Waals surface area (Å²) in [4.78, 5) is 97.6. The van der Waals surface area contributed by atoms with Crippen LogP contribution in [0.15, 0.2) is 60.8 Å². The number of aromatic amines is 1. The lowest BCUT2D eigenvalue weighted by Crippen LogP contribution is -2.60. The van der Waals surface area contributed by atoms with Crippen molar-refractivity contribution in [3.63, 3.8) is 0 Å². The Labute approximate surface area is 318 Å². The minimum Gasteiger partial charge on any atom is -0.370 e. The maximum absolute atomic E-state index is 14.2. The molecule has 2 aromatic carbocycles. The number of primary amides is 1. The van der Waals surface area contributed by atoms with Crippen molar-refractivity contribution in [2.24, 2.45) is 11.7 Å². The van der Waals surface area contributed by atoms with Crippen molar-refractivity contribution in [2.75, 3.05) is 18.6 Å². The third-order valence-corrected chi connectivity index (χ3v) is 9.63. The highest BCUT2D eigenvalue weighted by molar-refractivity contribution is 7.98. The Balaban J connectivity index is 1.75. The lowest BCUT2D eigenvalue weighted by atomic mass is 10.0. The number of para-hydroxylation sites is 1. The van der Waals surface area contributed by atoms with Gasteiger partial charge in [0.15, 0.2) is 0 Å². The summed E-state index contributed by atoms with van der Waals surface area (Å²) in [5.74, 6) is -4.34. The van der Waals surface area contributed by atoms with Crippen LogP contribution in [-0.2, 0) is 46.4 Å². The molecule has 1 aromatic heterocycles. The Bertz CT molecular complexity index is 1800. The maximum Gasteiger partial charge on any atom is 0.243 e. The molecule has 15 nitrogen and oxygen atoms in total. The van der Waals surface area contributed by atoms with Crippen LogP contribution < -0.4 is 37.6 Å². The van der Waals surface area contributed by atoms with E-state index >= 15 is 0 Å². The van der Waals surface area contributed by atoms with Gasteiger partial charge in [0.1, 0.15) is 30.2 Å². The number of hydrogen-bond donors (Lipinski definition) is 8. The van der Waals surface area contributed by atoms with Crippen LogP contribution in [0.3, 0.4) is 0 Å². The second-order valence-electron chi connectivity index (χ2n) is 13.8. The highest BCUT2D eigenvalue weighted by Gasteiger charge is 2.34. The molecule has 1 aliphatic rings. The predicted octanol–water partition coefficient (Wildman–Crippen LogP) is 0.572. The molecule has 0 unspecified atom stereocenters. The van der Waals surface area contributed by atoms with Crippen LogP contribution in [0.5, 0.6) is 0 Å². The number of nitrogens with one attached hydrogen (secondary N) is 7. The maximum atomic E-state index is 14.2. The summed E-state index contributed by atoms with van der Waals surface area (Å²) in [5, 5.41) is 17.0. The van der Waals surface area contributed by atoms with Crippen molar-refractivity contribution in [2.45, 2.75) is 82.6 Å². The molecule has 3 aromatic rings. The number of benzene rings is 2. The molecule has 0 spiro atoms. The molecule has 16 heteroatoms. The fourth-order valence-electron chi connectivity index (χ4n) is 6.18. The van der Waals surface area contributed by atoms with Gasteiger partial charge in [-0.2, -0.15) is 11.8 Å². The van der Waals surface area contributed by atoms with Crippen molar-refractivity contribution in [3.05, 3.63) is 71.9 Å². The fourth-order valence-corrected chi connectivity index (χ4v) is 6.65. The van der Waals surface area contributed by atoms with Gasteiger partial charge in [-0.15, -0.1) is 0 Å². The quantitative estimate of drug-likeness (QED) is 0.130. The van der Waals surface area contributed by atoms with Gasteiger partial charge in [0.2, 0.25) is 41.4 Å². The number of aromatic nitrogens is 1. The van der Waals surface area contributed by atoms with Gasteiger partial charge >= 0.3 is 0 Å². The number of hydrogen-bond acceptors (Lipinski definition) is 8. The summed E-state index contributed by atoms with van der Waals surface area (Å²) < 4.78 is 0. The number of H-pyrrole nitrogens is 1. The van der Waals surface area contributed by atoms with Gasteiger partial charge in [-0.1, -0.05) is 62.4 Å². The van der Waals surface area contributed by atoms with Gasteiger partial charge in [0.25, 0.3) is 0 Å². The topological polar surface area (TPSA) is 233 Å². The van der Waals surface area contributed by atoms with E-state index in [1.807, 2.05) is 50.4 Å². The van der Waals surface area contributed by atoms with Gasteiger partial charge < -0.3 is 42.6 Å². The van der Waals surface area contributed by atoms with E-state index in [0.29, 0.717) is 11.3 Å². The Morgan fingerprint density at radius 1 is 0.722 bits per heavy atom. The number of carbonyl (C=O) groups excluding carboxylic acids is 7. The van der Waals surface area contributed by atoms with Gasteiger partial charge in [-0.3, -0.25) is 33.6 Å². The molecule has 0 radical (unpaired) electrons. The molecule has 2 heterocycles. The van der Waals surface area contributed by atoms with Gasteiger partial charge in [-0.25, -0.2) is 0 Å². The number of carbonyl (C=O) groups is 7. The van der Waals surface area contributed by atoms with Crippen LogP contribution in [-0.4, -0.2) is 95.1 Å². The number of amides is 7. The molecule has 0 aliphatic carbocycles. The smallest absolute Gasteiger partial charge is 0.243 e. The van der Waals surface area contributed by atoms with Crippen LogP contribution in [0.25, 0.3) is 10.9 Å². The average molecular weight is 763 g/mol. The molecule has 1 saturated heterocycles. The van der Waals surface area contributed by atoms with Crippen molar-refractivity contribution < 1.29 is 33.6 Å². The van der Waals surface area contributed by atoms with E-state index in [1.165, 1.54) is 11.8 Å². The molecule has 4 rings (SSSR count). The van der Waals surface area contributed by atoms with E-state index in [-0.39, 0.29) is 44.4 Å². The SMILES string of the molecule is CSCC[C@H]1NC(=O)[C@H](CC(C)C)NC(=O)CNC(=O)[C@H](Cc2ccccc2)NC(=O)[C@H](Cc2c[nH]c3ccccc23)NC(=O)[C@H](CCC(N)=O)NC1=O. The van der Waals surface area contributed by atoms with Crippen molar-refractivity contribution in [3.8, 4) is 0 Å².